The largest absolute Gasteiger partial charge is 0.484 e. The van der Waals surface area contributed by atoms with Gasteiger partial charge in [0.2, 0.25) is 27.7 Å². The molecule has 0 bridgehead atoms. The standard InChI is InChI=1S/C22H24FN3O3S.C19H17ClN4O3/c1-14-11-15(2)18(16(3)12-14)13-30(27,28)26-10-6-9-20(26)22-25-24-21(29-22)17-7-4-5-8-19(17)23;20-14-3-5-15(6-4-14)26-12-17(25)24-11-1-2-16(24)19-23-22-18(27-19)13-7-9-21-10-8-13/h4-5,7-8,11-12,20H,6,9-10,13H2,1-3H3;3-10,16H,1-2,11-12H2. The summed E-state index contributed by atoms with van der Waals surface area (Å²) < 4.78 is 59.1. The van der Waals surface area contributed by atoms with E-state index in [1.165, 1.54) is 10.4 Å². The van der Waals surface area contributed by atoms with E-state index in [1.54, 1.807) is 71.9 Å². The second-order valence-corrected chi connectivity index (χ2v) is 16.4. The zero-order valence-corrected chi connectivity index (χ0v) is 33.2. The fraction of sp³-hybridized carbons (Fsp3) is 0.317. The third-order valence-corrected chi connectivity index (χ3v) is 12.0. The number of aromatic nitrogens is 5. The van der Waals surface area contributed by atoms with E-state index in [4.69, 9.17) is 25.2 Å². The molecule has 2 fully saturated rings. The van der Waals surface area contributed by atoms with Crippen LogP contribution >= 0.6 is 11.6 Å². The number of aryl methyl sites for hydroxylation is 3. The SMILES string of the molecule is Cc1cc(C)c(CS(=O)(=O)N2CCCC2c2nnc(-c3ccccc3F)o2)c(C)c1.O=C(COc1ccc(Cl)cc1)N1CCCC1c1nnc(-c2ccncc2)o1. The van der Waals surface area contributed by atoms with Crippen LogP contribution in [-0.4, -0.2) is 68.6 Å². The van der Waals surface area contributed by atoms with Crippen LogP contribution in [0, 0.1) is 26.6 Å². The first-order valence-corrected chi connectivity index (χ1v) is 20.5. The van der Waals surface area contributed by atoms with Crippen LogP contribution in [0.15, 0.2) is 94.0 Å². The molecular formula is C41H41ClFN7O6S. The Bertz CT molecular complexity index is 2420. The Balaban J connectivity index is 0.000000175. The van der Waals surface area contributed by atoms with E-state index in [1.807, 2.05) is 32.9 Å². The number of carbonyl (C=O) groups is 1. The van der Waals surface area contributed by atoms with Crippen LogP contribution in [0.4, 0.5) is 4.39 Å². The molecule has 0 saturated carbocycles. The Hall–Kier alpha value is -5.51. The monoisotopic (exact) mass is 813 g/mol. The molecular weight excluding hydrogens is 773 g/mol. The van der Waals surface area contributed by atoms with Gasteiger partial charge in [0.15, 0.2) is 6.61 Å². The number of benzene rings is 3. The average molecular weight is 814 g/mol. The minimum Gasteiger partial charge on any atom is -0.484 e. The van der Waals surface area contributed by atoms with Crippen molar-refractivity contribution < 1.29 is 31.2 Å². The molecule has 2 aliphatic heterocycles. The summed E-state index contributed by atoms with van der Waals surface area (Å²) in [5.41, 5.74) is 4.86. The Morgan fingerprint density at radius 3 is 2.19 bits per heavy atom. The van der Waals surface area contributed by atoms with Crippen molar-refractivity contribution in [1.29, 1.82) is 0 Å². The maximum absolute atomic E-state index is 14.0. The van der Waals surface area contributed by atoms with E-state index >= 15 is 0 Å². The van der Waals surface area contributed by atoms with Crippen LogP contribution in [0.25, 0.3) is 22.9 Å². The summed E-state index contributed by atoms with van der Waals surface area (Å²) in [6, 6.07) is 19.9. The van der Waals surface area contributed by atoms with E-state index in [0.29, 0.717) is 48.5 Å². The Kier molecular flexibility index (Phi) is 12.1. The summed E-state index contributed by atoms with van der Waals surface area (Å²) in [5.74, 6) is 1.06. The van der Waals surface area contributed by atoms with Gasteiger partial charge >= 0.3 is 0 Å². The van der Waals surface area contributed by atoms with Crippen LogP contribution in [0.3, 0.4) is 0 Å². The van der Waals surface area contributed by atoms with Crippen molar-refractivity contribution in [3.63, 3.8) is 0 Å². The van der Waals surface area contributed by atoms with Gasteiger partial charge in [-0.15, -0.1) is 20.4 Å². The number of rotatable bonds is 10. The molecule has 0 N–H and O–H groups in total. The fourth-order valence-corrected chi connectivity index (χ4v) is 9.30. The molecule has 5 heterocycles. The molecule has 8 rings (SSSR count). The van der Waals surface area contributed by atoms with Gasteiger partial charge in [-0.25, -0.2) is 12.8 Å². The first kappa shape index (κ1) is 39.7. The molecule has 57 heavy (non-hydrogen) atoms. The van der Waals surface area contributed by atoms with E-state index in [2.05, 4.69) is 25.4 Å². The number of likely N-dealkylation sites (tertiary alicyclic amines) is 1. The first-order chi connectivity index (χ1) is 27.5. The van der Waals surface area contributed by atoms with Gasteiger partial charge in [-0.1, -0.05) is 41.4 Å². The predicted octanol–water partition coefficient (Wildman–Crippen LogP) is 8.00. The number of sulfonamides is 1. The zero-order chi connectivity index (χ0) is 40.1. The van der Waals surface area contributed by atoms with E-state index in [0.717, 1.165) is 40.7 Å². The number of ether oxygens (including phenoxy) is 1. The summed E-state index contributed by atoms with van der Waals surface area (Å²) in [7, 11) is -3.60. The van der Waals surface area contributed by atoms with Crippen LogP contribution in [0.1, 0.15) is 71.8 Å². The number of pyridine rings is 1. The third kappa shape index (κ3) is 9.22. The minimum atomic E-state index is -3.60. The number of hydrogen-bond acceptors (Lipinski definition) is 11. The lowest BCUT2D eigenvalue weighted by Gasteiger charge is -2.22. The summed E-state index contributed by atoms with van der Waals surface area (Å²) in [6.07, 6.45) is 6.28. The highest BCUT2D eigenvalue weighted by atomic mass is 35.5. The second kappa shape index (κ2) is 17.3. The Labute approximate surface area is 334 Å². The quantitative estimate of drug-likeness (QED) is 0.132. The number of amides is 1. The number of hydrogen-bond donors (Lipinski definition) is 0. The van der Waals surface area contributed by atoms with Gasteiger partial charge in [0.1, 0.15) is 23.7 Å². The van der Waals surface area contributed by atoms with Crippen LogP contribution < -0.4 is 4.74 Å². The molecule has 1 amide bonds. The maximum Gasteiger partial charge on any atom is 0.261 e. The molecule has 0 spiro atoms. The summed E-state index contributed by atoms with van der Waals surface area (Å²) in [4.78, 5) is 18.3. The number of nitrogens with zero attached hydrogens (tertiary/aromatic N) is 7. The van der Waals surface area contributed by atoms with Crippen LogP contribution in [0.2, 0.25) is 5.02 Å². The highest BCUT2D eigenvalue weighted by Gasteiger charge is 2.39. The smallest absolute Gasteiger partial charge is 0.261 e. The minimum absolute atomic E-state index is 0.0521. The maximum atomic E-state index is 14.0. The van der Waals surface area contributed by atoms with E-state index in [9.17, 15) is 17.6 Å². The molecule has 2 saturated heterocycles. The van der Waals surface area contributed by atoms with Gasteiger partial charge in [-0.2, -0.15) is 4.31 Å². The molecule has 3 aromatic carbocycles. The number of carbonyl (C=O) groups excluding carboxylic acids is 1. The Morgan fingerprint density at radius 1 is 0.842 bits per heavy atom. The van der Waals surface area contributed by atoms with E-state index < -0.39 is 21.9 Å². The molecule has 2 aliphatic rings. The van der Waals surface area contributed by atoms with E-state index in [-0.39, 0.29) is 41.7 Å². The van der Waals surface area contributed by atoms with Crippen molar-refractivity contribution in [3.05, 3.63) is 130 Å². The van der Waals surface area contributed by atoms with Crippen molar-refractivity contribution in [1.82, 2.24) is 34.6 Å². The van der Waals surface area contributed by atoms with Gasteiger partial charge in [0.05, 0.1) is 11.3 Å². The topological polar surface area (TPSA) is 158 Å². The molecule has 16 heteroatoms. The highest BCUT2D eigenvalue weighted by molar-refractivity contribution is 7.88. The molecule has 13 nitrogen and oxygen atoms in total. The van der Waals surface area contributed by atoms with Gasteiger partial charge in [-0.3, -0.25) is 9.78 Å². The van der Waals surface area contributed by atoms with Gasteiger partial charge < -0.3 is 18.5 Å². The zero-order valence-electron chi connectivity index (χ0n) is 31.6. The third-order valence-electron chi connectivity index (χ3n) is 9.96. The molecule has 0 aliphatic carbocycles. The number of halogens is 2. The lowest BCUT2D eigenvalue weighted by atomic mass is 10.0. The molecule has 296 valence electrons. The molecule has 3 aromatic heterocycles. The van der Waals surface area contributed by atoms with Crippen molar-refractivity contribution >= 4 is 27.5 Å². The van der Waals surface area contributed by atoms with Crippen LogP contribution in [0.5, 0.6) is 5.75 Å². The second-order valence-electron chi connectivity index (χ2n) is 14.0. The lowest BCUT2D eigenvalue weighted by Crippen LogP contribution is -2.34. The van der Waals surface area contributed by atoms with Crippen molar-refractivity contribution in [2.75, 3.05) is 19.7 Å². The highest BCUT2D eigenvalue weighted by Crippen LogP contribution is 2.37. The lowest BCUT2D eigenvalue weighted by molar-refractivity contribution is -0.134. The summed E-state index contributed by atoms with van der Waals surface area (Å²) >= 11 is 5.85. The molecule has 0 radical (unpaired) electrons. The summed E-state index contributed by atoms with van der Waals surface area (Å²) in [5, 5.41) is 16.9. The molecule has 2 unspecified atom stereocenters. The van der Waals surface area contributed by atoms with Crippen LogP contribution in [-0.2, 0) is 20.6 Å². The van der Waals surface area contributed by atoms with Gasteiger partial charge in [0, 0.05) is 36.1 Å². The van der Waals surface area contributed by atoms with Crippen molar-refractivity contribution in [2.24, 2.45) is 0 Å². The normalized spacial score (nSPS) is 17.0. The predicted molar refractivity (Wildman–Crippen MR) is 210 cm³/mol. The van der Waals surface area contributed by atoms with Gasteiger partial charge in [-0.05, 0) is 112 Å². The Morgan fingerprint density at radius 2 is 1.47 bits per heavy atom. The molecule has 6 aromatic rings. The fourth-order valence-electron chi connectivity index (χ4n) is 7.20. The van der Waals surface area contributed by atoms with Gasteiger partial charge in [0.25, 0.3) is 11.8 Å². The molecule has 2 atom stereocenters. The van der Waals surface area contributed by atoms with Crippen molar-refractivity contribution in [2.45, 2.75) is 64.3 Å². The first-order valence-electron chi connectivity index (χ1n) is 18.5. The van der Waals surface area contributed by atoms with Crippen molar-refractivity contribution in [3.8, 4) is 28.7 Å². The summed E-state index contributed by atoms with van der Waals surface area (Å²) in [6.45, 7) is 6.85. The average Bonchev–Trinajstić information content (AvgIpc) is 4.04.